The number of ether oxygens (including phenoxy) is 1. The molecule has 1 amide bonds. The van der Waals surface area contributed by atoms with Crippen molar-refractivity contribution in [3.05, 3.63) is 0 Å². The zero-order valence-electron chi connectivity index (χ0n) is 9.62. The van der Waals surface area contributed by atoms with Gasteiger partial charge in [0, 0.05) is 35.4 Å². The lowest BCUT2D eigenvalue weighted by Crippen LogP contribution is -2.44. The number of carbonyl (C=O) groups is 1. The number of hydrogen-bond donors (Lipinski definition) is 0. The minimum absolute atomic E-state index is 0.00150. The van der Waals surface area contributed by atoms with E-state index < -0.39 is 10.8 Å². The molecule has 1 aliphatic heterocycles. The largest absolute Gasteiger partial charge is 0.366 e. The predicted octanol–water partition coefficient (Wildman–Crippen LogP) is 0.392. The number of amides is 1. The molecule has 0 radical (unpaired) electrons. The first-order chi connectivity index (χ1) is 6.88. The van der Waals surface area contributed by atoms with Crippen LogP contribution in [-0.2, 0) is 20.3 Å². The second kappa shape index (κ2) is 5.07. The molecule has 0 saturated carbocycles. The molecular weight excluding hydrogens is 214 g/mol. The summed E-state index contributed by atoms with van der Waals surface area (Å²) in [5.41, 5.74) is -0.283. The highest BCUT2D eigenvalue weighted by atomic mass is 32.2. The van der Waals surface area contributed by atoms with Crippen molar-refractivity contribution >= 4 is 16.7 Å². The molecule has 0 N–H and O–H groups in total. The van der Waals surface area contributed by atoms with Crippen molar-refractivity contribution in [2.75, 3.05) is 31.2 Å². The Hall–Kier alpha value is -0.420. The summed E-state index contributed by atoms with van der Waals surface area (Å²) in [6.45, 7) is 7.08. The van der Waals surface area contributed by atoms with E-state index >= 15 is 0 Å². The Morgan fingerprint density at radius 1 is 1.33 bits per heavy atom. The molecule has 0 bridgehead atoms. The standard InChI is InChI=1S/C10H19NO3S/c1-10(2,3)14-8-9(12)11-4-6-15(13)7-5-11/h4-8H2,1-3H3. The van der Waals surface area contributed by atoms with E-state index in [2.05, 4.69) is 0 Å². The number of hydrogen-bond acceptors (Lipinski definition) is 3. The highest BCUT2D eigenvalue weighted by molar-refractivity contribution is 7.85. The van der Waals surface area contributed by atoms with Gasteiger partial charge >= 0.3 is 0 Å². The quantitative estimate of drug-likeness (QED) is 0.693. The van der Waals surface area contributed by atoms with Crippen LogP contribution >= 0.6 is 0 Å². The molecule has 0 aromatic heterocycles. The van der Waals surface area contributed by atoms with Crippen LogP contribution in [0, 0.1) is 0 Å². The summed E-state index contributed by atoms with van der Waals surface area (Å²) in [6.07, 6.45) is 0. The molecule has 0 aliphatic carbocycles. The molecule has 4 nitrogen and oxygen atoms in total. The molecule has 0 atom stereocenters. The van der Waals surface area contributed by atoms with Gasteiger partial charge in [-0.15, -0.1) is 0 Å². The second-order valence-electron chi connectivity index (χ2n) is 4.63. The molecule has 0 spiro atoms. The number of nitrogens with zero attached hydrogens (tertiary/aromatic N) is 1. The summed E-state index contributed by atoms with van der Waals surface area (Å²) in [6, 6.07) is 0. The van der Waals surface area contributed by atoms with E-state index in [0.717, 1.165) is 0 Å². The Bertz CT molecular complexity index is 250. The summed E-state index contributed by atoms with van der Waals surface area (Å²) in [4.78, 5) is 13.4. The van der Waals surface area contributed by atoms with Crippen molar-refractivity contribution in [2.45, 2.75) is 26.4 Å². The van der Waals surface area contributed by atoms with Crippen LogP contribution in [0.4, 0.5) is 0 Å². The molecule has 88 valence electrons. The molecule has 1 saturated heterocycles. The minimum atomic E-state index is -0.733. The average molecular weight is 233 g/mol. The molecule has 15 heavy (non-hydrogen) atoms. The highest BCUT2D eigenvalue weighted by Gasteiger charge is 2.21. The topological polar surface area (TPSA) is 46.6 Å². The summed E-state index contributed by atoms with van der Waals surface area (Å²) in [5.74, 6) is 1.20. The third-order valence-electron chi connectivity index (χ3n) is 2.16. The molecule has 0 aromatic carbocycles. The maximum absolute atomic E-state index is 11.7. The Kier molecular flexibility index (Phi) is 4.28. The monoisotopic (exact) mass is 233 g/mol. The van der Waals surface area contributed by atoms with E-state index in [1.165, 1.54) is 0 Å². The van der Waals surface area contributed by atoms with Gasteiger partial charge in [0.25, 0.3) is 0 Å². The first-order valence-electron chi connectivity index (χ1n) is 5.15. The van der Waals surface area contributed by atoms with Crippen LogP contribution in [0.5, 0.6) is 0 Å². The van der Waals surface area contributed by atoms with E-state index in [0.29, 0.717) is 24.6 Å². The Labute approximate surface area is 93.4 Å². The highest BCUT2D eigenvalue weighted by Crippen LogP contribution is 2.08. The minimum Gasteiger partial charge on any atom is -0.366 e. The Morgan fingerprint density at radius 3 is 2.33 bits per heavy atom. The van der Waals surface area contributed by atoms with Crippen molar-refractivity contribution < 1.29 is 13.7 Å². The van der Waals surface area contributed by atoms with Crippen molar-refractivity contribution in [1.29, 1.82) is 0 Å². The van der Waals surface area contributed by atoms with Crippen LogP contribution in [0.15, 0.2) is 0 Å². The number of rotatable bonds is 2. The first kappa shape index (κ1) is 12.6. The van der Waals surface area contributed by atoms with Gasteiger partial charge in [0.05, 0.1) is 5.60 Å². The van der Waals surface area contributed by atoms with Crippen LogP contribution < -0.4 is 0 Å². The van der Waals surface area contributed by atoms with E-state index in [1.54, 1.807) is 4.90 Å². The second-order valence-corrected chi connectivity index (χ2v) is 6.33. The molecule has 1 fully saturated rings. The van der Waals surface area contributed by atoms with Crippen molar-refractivity contribution in [2.24, 2.45) is 0 Å². The third-order valence-corrected chi connectivity index (χ3v) is 3.43. The van der Waals surface area contributed by atoms with Gasteiger partial charge in [-0.2, -0.15) is 0 Å². The smallest absolute Gasteiger partial charge is 0.248 e. The van der Waals surface area contributed by atoms with Crippen LogP contribution in [-0.4, -0.2) is 51.8 Å². The van der Waals surface area contributed by atoms with Gasteiger partial charge in [0.2, 0.25) is 5.91 Å². The van der Waals surface area contributed by atoms with Crippen LogP contribution in [0.25, 0.3) is 0 Å². The average Bonchev–Trinajstić information content (AvgIpc) is 2.14. The summed E-state index contributed by atoms with van der Waals surface area (Å²) < 4.78 is 16.5. The van der Waals surface area contributed by atoms with E-state index in [-0.39, 0.29) is 18.1 Å². The van der Waals surface area contributed by atoms with Gasteiger partial charge < -0.3 is 9.64 Å². The Morgan fingerprint density at radius 2 is 1.87 bits per heavy atom. The first-order valence-corrected chi connectivity index (χ1v) is 6.64. The summed E-state index contributed by atoms with van der Waals surface area (Å²) in [7, 11) is -0.733. The molecule has 0 unspecified atom stereocenters. The van der Waals surface area contributed by atoms with Gasteiger partial charge in [0.1, 0.15) is 6.61 Å². The fraction of sp³-hybridized carbons (Fsp3) is 0.900. The molecular formula is C10H19NO3S. The van der Waals surface area contributed by atoms with E-state index in [9.17, 15) is 9.00 Å². The zero-order valence-corrected chi connectivity index (χ0v) is 10.4. The van der Waals surface area contributed by atoms with Gasteiger partial charge in [-0.25, -0.2) is 0 Å². The van der Waals surface area contributed by atoms with Gasteiger partial charge in [0.15, 0.2) is 0 Å². The van der Waals surface area contributed by atoms with Crippen molar-refractivity contribution in [3.8, 4) is 0 Å². The Balaban J connectivity index is 2.31. The normalized spacial score (nSPS) is 19.3. The fourth-order valence-electron chi connectivity index (χ4n) is 1.26. The van der Waals surface area contributed by atoms with Crippen LogP contribution in [0.3, 0.4) is 0 Å². The molecule has 1 aliphatic rings. The van der Waals surface area contributed by atoms with E-state index in [4.69, 9.17) is 4.74 Å². The molecule has 1 rings (SSSR count). The predicted molar refractivity (Wildman–Crippen MR) is 60.2 cm³/mol. The van der Waals surface area contributed by atoms with Gasteiger partial charge in [-0.05, 0) is 20.8 Å². The van der Waals surface area contributed by atoms with Crippen LogP contribution in [0.1, 0.15) is 20.8 Å². The fourth-order valence-corrected chi connectivity index (χ4v) is 2.31. The summed E-state index contributed by atoms with van der Waals surface area (Å²) >= 11 is 0. The van der Waals surface area contributed by atoms with Gasteiger partial charge in [-0.1, -0.05) is 0 Å². The number of carbonyl (C=O) groups excluding carboxylic acids is 1. The summed E-state index contributed by atoms with van der Waals surface area (Å²) in [5, 5.41) is 0. The SMILES string of the molecule is CC(C)(C)OCC(=O)N1CCS(=O)CC1. The van der Waals surface area contributed by atoms with Crippen molar-refractivity contribution in [1.82, 2.24) is 4.90 Å². The van der Waals surface area contributed by atoms with Gasteiger partial charge in [-0.3, -0.25) is 9.00 Å². The molecule has 0 aromatic rings. The van der Waals surface area contributed by atoms with Crippen molar-refractivity contribution in [3.63, 3.8) is 0 Å². The molecule has 5 heteroatoms. The lowest BCUT2D eigenvalue weighted by molar-refractivity contribution is -0.140. The maximum atomic E-state index is 11.7. The zero-order chi connectivity index (χ0) is 11.5. The molecule has 1 heterocycles. The third kappa shape index (κ3) is 4.75. The van der Waals surface area contributed by atoms with E-state index in [1.807, 2.05) is 20.8 Å². The van der Waals surface area contributed by atoms with Crippen LogP contribution in [0.2, 0.25) is 0 Å². The lowest BCUT2D eigenvalue weighted by atomic mass is 10.2. The maximum Gasteiger partial charge on any atom is 0.248 e. The lowest BCUT2D eigenvalue weighted by Gasteiger charge is -2.28.